The number of allylic oxidation sites excluding steroid dienone is 4. The van der Waals surface area contributed by atoms with E-state index in [0.29, 0.717) is 0 Å². The first-order valence-electron chi connectivity index (χ1n) is 6.68. The Balaban J connectivity index is 2.68. The van der Waals surface area contributed by atoms with Crippen molar-refractivity contribution in [2.24, 2.45) is 0 Å². The Labute approximate surface area is 134 Å². The van der Waals surface area contributed by atoms with Crippen LogP contribution < -0.4 is 11.0 Å². The molecule has 0 aliphatic heterocycles. The summed E-state index contributed by atoms with van der Waals surface area (Å²) in [4.78, 5) is 37.0. The number of imidazole rings is 1. The molecule has 2 aromatic rings. The van der Waals surface area contributed by atoms with Gasteiger partial charge >= 0.3 is 17.1 Å². The van der Waals surface area contributed by atoms with Gasteiger partial charge in [0.25, 0.3) is 0 Å². The summed E-state index contributed by atoms with van der Waals surface area (Å²) in [5.74, 6) is 0. The third kappa shape index (κ3) is 3.21. The average Bonchev–Trinajstić information content (AvgIpc) is 2.85. The molecule has 0 spiro atoms. The molecule has 0 atom stereocenters. The van der Waals surface area contributed by atoms with Crippen molar-refractivity contribution in [2.75, 3.05) is 5.32 Å². The van der Waals surface area contributed by atoms with Crippen molar-refractivity contribution in [1.82, 2.24) is 9.97 Å². The summed E-state index contributed by atoms with van der Waals surface area (Å²) in [6.45, 7) is 5.45. The molecule has 1 heterocycles. The van der Waals surface area contributed by atoms with Crippen LogP contribution in [0.2, 0.25) is 0 Å². The Hall–Kier alpha value is -3.69. The number of rotatable bonds is 6. The van der Waals surface area contributed by atoms with Crippen LogP contribution >= 0.6 is 0 Å². The summed E-state index contributed by atoms with van der Waals surface area (Å²) >= 11 is 0. The van der Waals surface area contributed by atoms with Crippen molar-refractivity contribution < 1.29 is 9.85 Å². The summed E-state index contributed by atoms with van der Waals surface area (Å²) in [5, 5.41) is 25.2. The first-order chi connectivity index (χ1) is 11.3. The molecule has 2 rings (SSSR count). The van der Waals surface area contributed by atoms with Crippen molar-refractivity contribution in [3.63, 3.8) is 0 Å². The number of nitro benzene ring substituents is 2. The first-order valence-corrected chi connectivity index (χ1v) is 6.68. The smallest absolute Gasteiger partial charge is 0.325 e. The SMILES string of the molecule is C=C(/C=C\C=C/C)Nc1c([N+](=O)[O-])cc2[nH]c(=O)[nH]c2c1[N+](=O)[O-]. The zero-order valence-corrected chi connectivity index (χ0v) is 12.5. The number of benzene rings is 1. The maximum Gasteiger partial charge on any atom is 0.325 e. The Morgan fingerprint density at radius 2 is 1.96 bits per heavy atom. The van der Waals surface area contributed by atoms with Gasteiger partial charge in [0.2, 0.25) is 0 Å². The molecular weight excluding hydrogens is 318 g/mol. The number of aromatic nitrogens is 2. The lowest BCUT2D eigenvalue weighted by Crippen LogP contribution is -2.05. The topological polar surface area (TPSA) is 147 Å². The van der Waals surface area contributed by atoms with Gasteiger partial charge in [-0.1, -0.05) is 24.8 Å². The Morgan fingerprint density at radius 3 is 2.54 bits per heavy atom. The minimum atomic E-state index is -0.801. The maximum absolute atomic E-state index is 11.4. The molecule has 0 unspecified atom stereocenters. The van der Waals surface area contributed by atoms with Crippen LogP contribution in [0, 0.1) is 20.2 Å². The van der Waals surface area contributed by atoms with E-state index in [2.05, 4.69) is 21.9 Å². The van der Waals surface area contributed by atoms with Gasteiger partial charge in [-0.25, -0.2) is 4.79 Å². The van der Waals surface area contributed by atoms with Crippen molar-refractivity contribution in [3.8, 4) is 0 Å². The predicted molar refractivity (Wildman–Crippen MR) is 88.9 cm³/mol. The molecule has 0 aliphatic carbocycles. The second-order valence-electron chi connectivity index (χ2n) is 4.67. The molecule has 1 aromatic carbocycles. The number of H-pyrrole nitrogens is 2. The summed E-state index contributed by atoms with van der Waals surface area (Å²) in [6, 6.07) is 1.05. The van der Waals surface area contributed by atoms with Gasteiger partial charge in [0.1, 0.15) is 5.52 Å². The lowest BCUT2D eigenvalue weighted by molar-refractivity contribution is -0.391. The van der Waals surface area contributed by atoms with Crippen LogP contribution in [0.3, 0.4) is 0 Å². The van der Waals surface area contributed by atoms with Gasteiger partial charge in [-0.05, 0) is 13.0 Å². The second-order valence-corrected chi connectivity index (χ2v) is 4.67. The fourth-order valence-corrected chi connectivity index (χ4v) is 2.08. The number of hydrogen-bond donors (Lipinski definition) is 3. The highest BCUT2D eigenvalue weighted by molar-refractivity contribution is 5.97. The molecule has 10 nitrogen and oxygen atoms in total. The first kappa shape index (κ1) is 16.7. The van der Waals surface area contributed by atoms with Crippen molar-refractivity contribution in [2.45, 2.75) is 6.92 Å². The lowest BCUT2D eigenvalue weighted by Gasteiger charge is -2.08. The predicted octanol–water partition coefficient (Wildman–Crippen LogP) is 2.73. The number of nitrogens with zero attached hydrogens (tertiary/aromatic N) is 2. The van der Waals surface area contributed by atoms with Crippen LogP contribution in [0.15, 0.2) is 47.4 Å². The largest absolute Gasteiger partial charge is 0.345 e. The molecule has 0 fully saturated rings. The van der Waals surface area contributed by atoms with Gasteiger partial charge in [0.15, 0.2) is 5.69 Å². The van der Waals surface area contributed by atoms with Crippen LogP contribution in [0.5, 0.6) is 0 Å². The van der Waals surface area contributed by atoms with Gasteiger partial charge < -0.3 is 10.3 Å². The van der Waals surface area contributed by atoms with Gasteiger partial charge in [-0.2, -0.15) is 0 Å². The van der Waals surface area contributed by atoms with Crippen LogP contribution in [0.1, 0.15) is 6.92 Å². The quantitative estimate of drug-likeness (QED) is 0.421. The van der Waals surface area contributed by atoms with E-state index in [0.717, 1.165) is 6.07 Å². The lowest BCUT2D eigenvalue weighted by atomic mass is 10.2. The maximum atomic E-state index is 11.4. The van der Waals surface area contributed by atoms with E-state index in [1.807, 2.05) is 0 Å². The van der Waals surface area contributed by atoms with E-state index in [1.165, 1.54) is 6.08 Å². The van der Waals surface area contributed by atoms with Crippen molar-refractivity contribution in [1.29, 1.82) is 0 Å². The molecule has 1 aromatic heterocycles. The van der Waals surface area contributed by atoms with E-state index in [4.69, 9.17) is 0 Å². The summed E-state index contributed by atoms with van der Waals surface area (Å²) < 4.78 is 0. The number of hydrogen-bond acceptors (Lipinski definition) is 6. The summed E-state index contributed by atoms with van der Waals surface area (Å²) in [7, 11) is 0. The van der Waals surface area contributed by atoms with Crippen molar-refractivity contribution in [3.05, 3.63) is 73.4 Å². The van der Waals surface area contributed by atoms with E-state index in [9.17, 15) is 25.0 Å². The molecule has 10 heteroatoms. The molecule has 124 valence electrons. The molecule has 0 bridgehead atoms. The van der Waals surface area contributed by atoms with Gasteiger partial charge in [0, 0.05) is 11.8 Å². The zero-order chi connectivity index (χ0) is 17.9. The summed E-state index contributed by atoms with van der Waals surface area (Å²) in [6.07, 6.45) is 6.56. The molecule has 3 N–H and O–H groups in total. The third-order valence-corrected chi connectivity index (χ3v) is 3.03. The van der Waals surface area contributed by atoms with E-state index >= 15 is 0 Å². The fraction of sp³-hybridized carbons (Fsp3) is 0.0714. The van der Waals surface area contributed by atoms with E-state index in [-0.39, 0.29) is 22.4 Å². The Bertz CT molecular complexity index is 950. The molecular formula is C14H13N5O5. The molecule has 0 radical (unpaired) electrons. The Kier molecular flexibility index (Phi) is 4.59. The third-order valence-electron chi connectivity index (χ3n) is 3.03. The van der Waals surface area contributed by atoms with E-state index < -0.39 is 26.9 Å². The number of aromatic amines is 2. The molecule has 0 aliphatic rings. The van der Waals surface area contributed by atoms with Gasteiger partial charge in [-0.3, -0.25) is 25.2 Å². The zero-order valence-electron chi connectivity index (χ0n) is 12.5. The molecule has 24 heavy (non-hydrogen) atoms. The molecule has 0 saturated heterocycles. The standard InChI is InChI=1S/C14H13N5O5/c1-3-4-5-6-8(2)15-12-10(18(21)22)7-9-11(13(12)19(23)24)17-14(20)16-9/h3-7,15H,2H2,1H3,(H2,16,17,20)/b4-3-,6-5-. The minimum absolute atomic E-state index is 0.0287. The van der Waals surface area contributed by atoms with Gasteiger partial charge in [0.05, 0.1) is 15.4 Å². The molecule has 0 amide bonds. The highest BCUT2D eigenvalue weighted by Gasteiger charge is 2.30. The van der Waals surface area contributed by atoms with Crippen LogP contribution in [0.4, 0.5) is 17.1 Å². The monoisotopic (exact) mass is 331 g/mol. The normalized spacial score (nSPS) is 11.4. The van der Waals surface area contributed by atoms with Crippen LogP contribution in [-0.2, 0) is 0 Å². The minimum Gasteiger partial charge on any atom is -0.345 e. The number of fused-ring (bicyclic) bond motifs is 1. The fourth-order valence-electron chi connectivity index (χ4n) is 2.08. The highest BCUT2D eigenvalue weighted by Crippen LogP contribution is 2.39. The van der Waals surface area contributed by atoms with Crippen LogP contribution in [-0.4, -0.2) is 19.8 Å². The molecule has 0 saturated carbocycles. The number of anilines is 1. The average molecular weight is 331 g/mol. The van der Waals surface area contributed by atoms with Crippen LogP contribution in [0.25, 0.3) is 11.0 Å². The highest BCUT2D eigenvalue weighted by atomic mass is 16.6. The number of nitro groups is 2. The summed E-state index contributed by atoms with van der Waals surface area (Å²) in [5.41, 5.74) is -2.18. The van der Waals surface area contributed by atoms with Crippen molar-refractivity contribution >= 4 is 28.1 Å². The second kappa shape index (κ2) is 6.60. The Morgan fingerprint density at radius 1 is 1.25 bits per heavy atom. The van der Waals surface area contributed by atoms with Gasteiger partial charge in [-0.15, -0.1) is 0 Å². The van der Waals surface area contributed by atoms with E-state index in [1.54, 1.807) is 25.2 Å². The number of nitrogens with one attached hydrogen (secondary N) is 3.